The molecule has 0 bridgehead atoms. The summed E-state index contributed by atoms with van der Waals surface area (Å²) in [6.45, 7) is -0.0367. The standard InChI is InChI=1S/C33H30F2N8O5/c34-21-11-24-25(15-38-28(24)37-14-21)29-39-16-26(35)30(43-29)41-22-5-2-6-23(12-22)42-31(44)27-10-19(7-8-36-27)17-48-33(47)40-13-18-3-1-4-20(9-18)32(45)46/h1,3-4,7-11,14-16,22-23H,2,5-6,12-13,17H2,(H,37,38)(H,40,47)(H,42,44)(H,45,46)(H,39,41,43)/t22-,23+/m0/s1. The number of benzene rings is 1. The van der Waals surface area contributed by atoms with E-state index in [2.05, 4.69) is 40.9 Å². The van der Waals surface area contributed by atoms with Crippen molar-refractivity contribution in [3.8, 4) is 11.4 Å². The molecule has 5 N–H and O–H groups in total. The van der Waals surface area contributed by atoms with Gasteiger partial charge >= 0.3 is 12.1 Å². The number of carboxylic acids is 1. The third-order valence-electron chi connectivity index (χ3n) is 7.87. The van der Waals surface area contributed by atoms with Crippen LogP contribution in [0.2, 0.25) is 0 Å². The molecule has 48 heavy (non-hydrogen) atoms. The van der Waals surface area contributed by atoms with Gasteiger partial charge in [-0.15, -0.1) is 0 Å². The molecule has 0 radical (unpaired) electrons. The maximum Gasteiger partial charge on any atom is 0.407 e. The third kappa shape index (κ3) is 7.68. The molecular formula is C33H30F2N8O5. The van der Waals surface area contributed by atoms with Crippen LogP contribution < -0.4 is 16.0 Å². The van der Waals surface area contributed by atoms with E-state index in [1.807, 2.05) is 0 Å². The molecule has 0 spiro atoms. The van der Waals surface area contributed by atoms with Crippen molar-refractivity contribution in [2.75, 3.05) is 5.32 Å². The van der Waals surface area contributed by atoms with Crippen molar-refractivity contribution in [2.45, 2.75) is 50.9 Å². The van der Waals surface area contributed by atoms with Gasteiger partial charge < -0.3 is 30.8 Å². The number of hydrogen-bond donors (Lipinski definition) is 5. The first kappa shape index (κ1) is 32.0. The minimum atomic E-state index is -1.07. The van der Waals surface area contributed by atoms with Gasteiger partial charge in [-0.2, -0.15) is 0 Å². The number of amides is 2. The van der Waals surface area contributed by atoms with Crippen LogP contribution in [0, 0.1) is 11.6 Å². The Morgan fingerprint density at radius 2 is 1.85 bits per heavy atom. The fraction of sp³-hybridized carbons (Fsp3) is 0.242. The highest BCUT2D eigenvalue weighted by atomic mass is 19.1. The number of nitrogens with one attached hydrogen (secondary N) is 4. The van der Waals surface area contributed by atoms with Gasteiger partial charge in [0.25, 0.3) is 5.91 Å². The molecule has 1 aliphatic rings. The van der Waals surface area contributed by atoms with E-state index in [1.165, 1.54) is 30.5 Å². The number of ether oxygens (including phenoxy) is 1. The minimum Gasteiger partial charge on any atom is -0.478 e. The summed E-state index contributed by atoms with van der Waals surface area (Å²) in [6.07, 6.45) is 7.20. The zero-order valence-corrected chi connectivity index (χ0v) is 25.4. The molecule has 13 nitrogen and oxygen atoms in total. The second-order valence-electron chi connectivity index (χ2n) is 11.3. The highest BCUT2D eigenvalue weighted by molar-refractivity contribution is 5.93. The van der Waals surface area contributed by atoms with E-state index in [0.29, 0.717) is 40.6 Å². The van der Waals surface area contributed by atoms with E-state index in [-0.39, 0.29) is 48.1 Å². The highest BCUT2D eigenvalue weighted by Crippen LogP contribution is 2.28. The Bertz CT molecular complexity index is 1990. The fourth-order valence-electron chi connectivity index (χ4n) is 5.54. The summed E-state index contributed by atoms with van der Waals surface area (Å²) in [6, 6.07) is 10.2. The number of aromatic nitrogens is 5. The second-order valence-corrected chi connectivity index (χ2v) is 11.3. The number of carbonyl (C=O) groups is 3. The molecule has 5 aromatic rings. The zero-order chi connectivity index (χ0) is 33.6. The van der Waals surface area contributed by atoms with Crippen molar-refractivity contribution in [1.29, 1.82) is 0 Å². The Balaban J connectivity index is 1.02. The minimum absolute atomic E-state index is 0.00266. The molecule has 2 amide bonds. The highest BCUT2D eigenvalue weighted by Gasteiger charge is 2.26. The summed E-state index contributed by atoms with van der Waals surface area (Å²) in [5.41, 5.74) is 2.34. The van der Waals surface area contributed by atoms with Crippen LogP contribution in [0.3, 0.4) is 0 Å². The molecule has 15 heteroatoms. The van der Waals surface area contributed by atoms with E-state index in [4.69, 9.17) is 9.84 Å². The smallest absolute Gasteiger partial charge is 0.407 e. The normalized spacial score (nSPS) is 15.9. The van der Waals surface area contributed by atoms with Crippen LogP contribution in [0.4, 0.5) is 19.4 Å². The van der Waals surface area contributed by atoms with Crippen LogP contribution in [0.25, 0.3) is 22.4 Å². The van der Waals surface area contributed by atoms with Gasteiger partial charge in [-0.05, 0) is 67.1 Å². The van der Waals surface area contributed by atoms with Crippen LogP contribution in [0.1, 0.15) is 57.7 Å². The molecule has 1 aliphatic carbocycles. The molecular weight excluding hydrogens is 626 g/mol. The number of nitrogens with zero attached hydrogens (tertiary/aromatic N) is 4. The van der Waals surface area contributed by atoms with E-state index >= 15 is 0 Å². The average molecular weight is 657 g/mol. The molecule has 1 aromatic carbocycles. The van der Waals surface area contributed by atoms with Crippen molar-refractivity contribution >= 4 is 34.8 Å². The lowest BCUT2D eigenvalue weighted by Gasteiger charge is -2.30. The Hall–Kier alpha value is -5.99. The van der Waals surface area contributed by atoms with Gasteiger partial charge in [0.2, 0.25) is 0 Å². The van der Waals surface area contributed by atoms with E-state index in [9.17, 15) is 23.2 Å². The number of H-pyrrole nitrogens is 1. The molecule has 4 aromatic heterocycles. The van der Waals surface area contributed by atoms with Crippen molar-refractivity contribution in [3.05, 3.63) is 101 Å². The predicted molar refractivity (Wildman–Crippen MR) is 169 cm³/mol. The van der Waals surface area contributed by atoms with Gasteiger partial charge in [0.1, 0.15) is 23.8 Å². The van der Waals surface area contributed by atoms with Crippen LogP contribution in [0.5, 0.6) is 0 Å². The third-order valence-corrected chi connectivity index (χ3v) is 7.87. The average Bonchev–Trinajstić information content (AvgIpc) is 3.51. The van der Waals surface area contributed by atoms with Gasteiger partial charge in [0, 0.05) is 42.0 Å². The van der Waals surface area contributed by atoms with Gasteiger partial charge in [-0.1, -0.05) is 12.1 Å². The quantitative estimate of drug-likeness (QED) is 0.138. The lowest BCUT2D eigenvalue weighted by molar-refractivity contribution is 0.0696. The number of hydrogen-bond acceptors (Lipinski definition) is 9. The number of aromatic carboxylic acids is 1. The summed E-state index contributed by atoms with van der Waals surface area (Å²) in [4.78, 5) is 56.0. The molecule has 6 rings (SSSR count). The number of carboxylic acid groups (broad SMARTS) is 1. The zero-order valence-electron chi connectivity index (χ0n) is 25.4. The molecule has 0 aliphatic heterocycles. The molecule has 0 saturated heterocycles. The first-order chi connectivity index (χ1) is 23.2. The number of anilines is 1. The number of alkyl carbamates (subject to hydrolysis) is 1. The van der Waals surface area contributed by atoms with Crippen molar-refractivity contribution < 1.29 is 33.0 Å². The first-order valence-electron chi connectivity index (χ1n) is 15.1. The fourth-order valence-corrected chi connectivity index (χ4v) is 5.54. The number of halogens is 2. The van der Waals surface area contributed by atoms with E-state index in [1.54, 1.807) is 24.4 Å². The largest absolute Gasteiger partial charge is 0.478 e. The molecule has 246 valence electrons. The SMILES string of the molecule is O=C(NCc1cccc(C(=O)O)c1)OCc1ccnc(C(=O)N[C@@H]2CCC[C@H](Nc3nc(-c4c[nH]c5ncc(F)cc45)ncc3F)C2)c1. The van der Waals surface area contributed by atoms with E-state index < -0.39 is 29.6 Å². The number of aromatic amines is 1. The first-order valence-corrected chi connectivity index (χ1v) is 15.1. The Morgan fingerprint density at radius 1 is 1.00 bits per heavy atom. The predicted octanol–water partition coefficient (Wildman–Crippen LogP) is 4.97. The lowest BCUT2D eigenvalue weighted by atomic mass is 9.91. The summed E-state index contributed by atoms with van der Waals surface area (Å²) < 4.78 is 33.9. The molecule has 4 heterocycles. The molecule has 2 atom stereocenters. The van der Waals surface area contributed by atoms with Crippen LogP contribution in [-0.2, 0) is 17.9 Å². The van der Waals surface area contributed by atoms with Crippen LogP contribution >= 0.6 is 0 Å². The second kappa shape index (κ2) is 14.2. The van der Waals surface area contributed by atoms with Crippen molar-refractivity contribution in [2.24, 2.45) is 0 Å². The van der Waals surface area contributed by atoms with Crippen molar-refractivity contribution in [3.63, 3.8) is 0 Å². The summed E-state index contributed by atoms with van der Waals surface area (Å²) in [5.74, 6) is -2.42. The maximum atomic E-state index is 14.8. The molecule has 1 saturated carbocycles. The number of rotatable bonds is 10. The van der Waals surface area contributed by atoms with Crippen molar-refractivity contribution in [1.82, 2.24) is 35.6 Å². The van der Waals surface area contributed by atoms with Gasteiger partial charge in [-0.25, -0.2) is 33.3 Å². The Kier molecular flexibility index (Phi) is 9.45. The topological polar surface area (TPSA) is 184 Å². The number of carbonyl (C=O) groups excluding carboxylic acids is 2. The summed E-state index contributed by atoms with van der Waals surface area (Å²) in [7, 11) is 0. The van der Waals surface area contributed by atoms with E-state index in [0.717, 1.165) is 25.2 Å². The van der Waals surface area contributed by atoms with Crippen LogP contribution in [-0.4, -0.2) is 60.1 Å². The maximum absolute atomic E-state index is 14.8. The van der Waals surface area contributed by atoms with Gasteiger partial charge in [0.05, 0.1) is 18.0 Å². The number of fused-ring (bicyclic) bond motifs is 1. The molecule has 0 unspecified atom stereocenters. The monoisotopic (exact) mass is 656 g/mol. The van der Waals surface area contributed by atoms with Gasteiger partial charge in [-0.3, -0.25) is 9.78 Å². The summed E-state index contributed by atoms with van der Waals surface area (Å²) >= 11 is 0. The number of pyridine rings is 2. The molecule has 1 fully saturated rings. The Labute approximate surface area is 272 Å². The van der Waals surface area contributed by atoms with Crippen LogP contribution in [0.15, 0.2) is 67.3 Å². The Morgan fingerprint density at radius 3 is 2.71 bits per heavy atom. The lowest BCUT2D eigenvalue weighted by Crippen LogP contribution is -2.42. The summed E-state index contributed by atoms with van der Waals surface area (Å²) in [5, 5.41) is 18.3. The van der Waals surface area contributed by atoms with Gasteiger partial charge in [0.15, 0.2) is 17.5 Å².